The largest absolute Gasteiger partial charge is 0.461 e. The molecule has 5 aliphatic heterocycles. The fraction of sp³-hybridized carbons (Fsp3) is 0.760. The number of hydrogen-bond donors (Lipinski definition) is 0. The van der Waals surface area contributed by atoms with Gasteiger partial charge in [-0.3, -0.25) is 9.80 Å². The van der Waals surface area contributed by atoms with Gasteiger partial charge in [0, 0.05) is 19.5 Å². The summed E-state index contributed by atoms with van der Waals surface area (Å²) in [4.78, 5) is 34.8. The third-order valence-corrected chi connectivity index (χ3v) is 10.3. The molecule has 0 N–H and O–H groups in total. The third-order valence-electron chi connectivity index (χ3n) is 8.89. The highest BCUT2D eigenvalue weighted by atomic mass is 79.9. The molecule has 7 heterocycles. The first-order chi connectivity index (χ1) is 17.6. The van der Waals surface area contributed by atoms with Crippen molar-refractivity contribution < 1.29 is 18.7 Å². The van der Waals surface area contributed by atoms with E-state index >= 15 is 4.39 Å². The van der Waals surface area contributed by atoms with Crippen LogP contribution in [-0.4, -0.2) is 98.4 Å². The Kier molecular flexibility index (Phi) is 5.40. The van der Waals surface area contributed by atoms with Gasteiger partial charge in [-0.2, -0.15) is 9.97 Å². The molecule has 5 saturated heterocycles. The van der Waals surface area contributed by atoms with Crippen molar-refractivity contribution in [3.63, 3.8) is 0 Å². The predicted octanol–water partition coefficient (Wildman–Crippen LogP) is 3.55. The number of rotatable bonds is 5. The number of piperidine rings is 1. The molecular weight excluding hydrogens is 563 g/mol. The number of ether oxygens (including phenoxy) is 2. The maximum atomic E-state index is 15.3. The van der Waals surface area contributed by atoms with Crippen molar-refractivity contribution in [3.8, 4) is 6.01 Å². The number of hydrogen-bond acceptors (Lipinski definition) is 10. The Labute approximate surface area is 227 Å². The van der Waals surface area contributed by atoms with Crippen LogP contribution in [-0.2, 0) is 9.53 Å². The van der Waals surface area contributed by atoms with E-state index in [1.54, 1.807) is 0 Å². The zero-order valence-corrected chi connectivity index (χ0v) is 23.8. The summed E-state index contributed by atoms with van der Waals surface area (Å²) in [5.41, 5.74) is -0.730. The first-order valence-electron chi connectivity index (χ1n) is 13.2. The molecule has 200 valence electrons. The Morgan fingerprint density at radius 1 is 1.19 bits per heavy atom. The van der Waals surface area contributed by atoms with Crippen LogP contribution in [0.5, 0.6) is 6.01 Å². The summed E-state index contributed by atoms with van der Waals surface area (Å²) in [5, 5.41) is 0. The van der Waals surface area contributed by atoms with E-state index in [1.165, 1.54) is 24.2 Å². The van der Waals surface area contributed by atoms with Gasteiger partial charge in [0.25, 0.3) is 0 Å². The molecule has 5 aliphatic rings. The highest BCUT2D eigenvalue weighted by Crippen LogP contribution is 2.58. The number of fused-ring (bicyclic) bond motifs is 3. The molecule has 2 aromatic heterocycles. The first kappa shape index (κ1) is 24.4. The van der Waals surface area contributed by atoms with Crippen molar-refractivity contribution in [2.24, 2.45) is 0 Å². The lowest BCUT2D eigenvalue weighted by molar-refractivity contribution is -0.159. The van der Waals surface area contributed by atoms with Crippen molar-refractivity contribution in [3.05, 3.63) is 3.92 Å². The van der Waals surface area contributed by atoms with E-state index in [2.05, 4.69) is 35.7 Å². The summed E-state index contributed by atoms with van der Waals surface area (Å²) in [6.07, 6.45) is 3.78. The number of nitrogens with zero attached hydrogens (tertiary/aromatic N) is 6. The van der Waals surface area contributed by atoms with Gasteiger partial charge in [0.2, 0.25) is 0 Å². The van der Waals surface area contributed by atoms with Crippen LogP contribution in [0.1, 0.15) is 52.9 Å². The Balaban J connectivity index is 1.18. The maximum Gasteiger partial charge on any atom is 0.328 e. The van der Waals surface area contributed by atoms with Crippen LogP contribution in [0.4, 0.5) is 10.2 Å². The molecule has 12 heteroatoms. The second kappa shape index (κ2) is 8.19. The lowest BCUT2D eigenvalue weighted by Crippen LogP contribution is -2.49. The van der Waals surface area contributed by atoms with Gasteiger partial charge >= 0.3 is 12.0 Å². The molecule has 37 heavy (non-hydrogen) atoms. The van der Waals surface area contributed by atoms with Crippen molar-refractivity contribution >= 4 is 49.4 Å². The van der Waals surface area contributed by atoms with Gasteiger partial charge in [-0.05, 0) is 75.5 Å². The minimum absolute atomic E-state index is 0.0901. The lowest BCUT2D eigenvalue weighted by atomic mass is 9.94. The lowest BCUT2D eigenvalue weighted by Gasteiger charge is -2.35. The highest BCUT2D eigenvalue weighted by Gasteiger charge is 2.78. The number of esters is 1. The Bertz CT molecular complexity index is 1260. The maximum absolute atomic E-state index is 15.3. The molecule has 0 bridgehead atoms. The summed E-state index contributed by atoms with van der Waals surface area (Å²) in [6, 6.07) is -0.144. The zero-order chi connectivity index (χ0) is 25.7. The predicted molar refractivity (Wildman–Crippen MR) is 141 cm³/mol. The number of thiazole rings is 1. The summed E-state index contributed by atoms with van der Waals surface area (Å²) >= 11 is 4.93. The number of aromatic nitrogens is 3. The van der Waals surface area contributed by atoms with E-state index in [0.29, 0.717) is 41.0 Å². The number of carbonyl (C=O) groups excluding carboxylic acids is 1. The number of alkyl halides is 1. The van der Waals surface area contributed by atoms with Crippen molar-refractivity contribution in [1.29, 1.82) is 0 Å². The fourth-order valence-electron chi connectivity index (χ4n) is 7.32. The standard InChI is InChI=1S/C25H32BrFN6O3S/c1-23(2,3)36-20(34)25-10-14(27)15-11-31(12-16(25)33(15)25)18-17-19(37-21(26)28-17)30-22(29-18)35-13-24-6-4-8-32(24)9-5-7-24/h14-16H,4-13H2,1-3H3. The van der Waals surface area contributed by atoms with Crippen LogP contribution in [0.25, 0.3) is 10.3 Å². The van der Waals surface area contributed by atoms with Crippen molar-refractivity contribution in [2.75, 3.05) is 37.7 Å². The van der Waals surface area contributed by atoms with Gasteiger partial charge in [-0.25, -0.2) is 14.2 Å². The molecule has 7 rings (SSSR count). The summed E-state index contributed by atoms with van der Waals surface area (Å²) in [5.74, 6) is 0.333. The molecule has 0 spiro atoms. The van der Waals surface area contributed by atoms with Crippen LogP contribution < -0.4 is 9.64 Å². The van der Waals surface area contributed by atoms with E-state index in [0.717, 1.165) is 30.8 Å². The molecule has 0 aliphatic carbocycles. The molecule has 5 atom stereocenters. The minimum atomic E-state index is -1.10. The van der Waals surface area contributed by atoms with Gasteiger partial charge in [0.15, 0.2) is 14.6 Å². The van der Waals surface area contributed by atoms with Gasteiger partial charge in [-0.1, -0.05) is 11.3 Å². The first-order valence-corrected chi connectivity index (χ1v) is 14.8. The fourth-order valence-corrected chi connectivity index (χ4v) is 8.61. The van der Waals surface area contributed by atoms with Crippen LogP contribution in [0.3, 0.4) is 0 Å². The van der Waals surface area contributed by atoms with Gasteiger partial charge < -0.3 is 14.4 Å². The van der Waals surface area contributed by atoms with Crippen LogP contribution in [0.2, 0.25) is 0 Å². The van der Waals surface area contributed by atoms with E-state index < -0.39 is 17.3 Å². The van der Waals surface area contributed by atoms with E-state index in [9.17, 15) is 4.79 Å². The molecule has 5 fully saturated rings. The molecular formula is C25H32BrFN6O3S. The molecule has 0 radical (unpaired) electrons. The van der Waals surface area contributed by atoms with E-state index in [-0.39, 0.29) is 30.0 Å². The molecule has 0 saturated carbocycles. The van der Waals surface area contributed by atoms with Gasteiger partial charge in [-0.15, -0.1) is 0 Å². The Morgan fingerprint density at radius 2 is 1.95 bits per heavy atom. The van der Waals surface area contributed by atoms with Crippen LogP contribution >= 0.6 is 27.3 Å². The normalized spacial score (nSPS) is 34.0. The second-order valence-electron chi connectivity index (χ2n) is 12.2. The Hall–Kier alpha value is -1.63. The summed E-state index contributed by atoms with van der Waals surface area (Å²) < 4.78 is 28.0. The highest BCUT2D eigenvalue weighted by molar-refractivity contribution is 9.11. The molecule has 2 aromatic rings. The average molecular weight is 596 g/mol. The Morgan fingerprint density at radius 3 is 2.68 bits per heavy atom. The number of piperazine rings is 1. The number of halogens is 2. The van der Waals surface area contributed by atoms with Crippen molar-refractivity contribution in [2.45, 2.75) is 87.8 Å². The molecule has 0 amide bonds. The minimum Gasteiger partial charge on any atom is -0.461 e. The number of carbonyl (C=O) groups is 1. The smallest absolute Gasteiger partial charge is 0.328 e. The van der Waals surface area contributed by atoms with Crippen LogP contribution in [0.15, 0.2) is 3.92 Å². The second-order valence-corrected chi connectivity index (χ2v) is 14.5. The van der Waals surface area contributed by atoms with Gasteiger partial charge in [0.05, 0.1) is 17.6 Å². The topological polar surface area (TPSA) is 83.7 Å². The molecule has 0 aromatic carbocycles. The molecule has 9 nitrogen and oxygen atoms in total. The molecule has 5 unspecified atom stereocenters. The van der Waals surface area contributed by atoms with Gasteiger partial charge in [0.1, 0.15) is 29.4 Å². The average Bonchev–Trinajstić information content (AvgIpc) is 3.26. The summed E-state index contributed by atoms with van der Waals surface area (Å²) in [6.45, 7) is 9.38. The third kappa shape index (κ3) is 3.72. The number of anilines is 1. The quantitative estimate of drug-likeness (QED) is 0.381. The SMILES string of the molecule is CC(C)(C)OC(=O)C12CC(F)C3CN(c4nc(OCC56CCCN5CCC6)nc5sc(Br)nc45)CC1N32. The summed E-state index contributed by atoms with van der Waals surface area (Å²) in [7, 11) is 0. The van der Waals surface area contributed by atoms with E-state index in [1.807, 2.05) is 25.7 Å². The van der Waals surface area contributed by atoms with Crippen molar-refractivity contribution in [1.82, 2.24) is 24.8 Å². The monoisotopic (exact) mass is 594 g/mol. The van der Waals surface area contributed by atoms with Crippen LogP contribution in [0, 0.1) is 0 Å². The van der Waals surface area contributed by atoms with E-state index in [4.69, 9.17) is 14.5 Å². The zero-order valence-electron chi connectivity index (χ0n) is 21.4.